The summed E-state index contributed by atoms with van der Waals surface area (Å²) >= 11 is 0. The second-order valence-corrected chi connectivity index (χ2v) is 4.67. The van der Waals surface area contributed by atoms with Crippen LogP contribution in [0.15, 0.2) is 12.7 Å². The van der Waals surface area contributed by atoms with Crippen molar-refractivity contribution in [2.45, 2.75) is 37.6 Å². The predicted octanol–water partition coefficient (Wildman–Crippen LogP) is -1.85. The quantitative estimate of drug-likeness (QED) is 0.307. The molecule has 8 heteroatoms. The number of ether oxygens (including phenoxy) is 3. The molecule has 0 bridgehead atoms. The van der Waals surface area contributed by atoms with Crippen molar-refractivity contribution in [2.75, 3.05) is 26.4 Å². The highest BCUT2D eigenvalue weighted by molar-refractivity contribution is 5.73. The molecule has 1 aliphatic heterocycles. The van der Waals surface area contributed by atoms with Crippen LogP contribution in [0.2, 0.25) is 0 Å². The molecular weight excluding hydrogens is 282 g/mol. The second-order valence-electron chi connectivity index (χ2n) is 4.67. The Morgan fingerprint density at radius 3 is 2.67 bits per heavy atom. The van der Waals surface area contributed by atoms with Gasteiger partial charge < -0.3 is 34.8 Å². The van der Waals surface area contributed by atoms with E-state index in [0.29, 0.717) is 6.61 Å². The van der Waals surface area contributed by atoms with E-state index >= 15 is 0 Å². The number of aliphatic hydroxyl groups is 3. The van der Waals surface area contributed by atoms with E-state index in [1.807, 2.05) is 0 Å². The minimum atomic E-state index is -1.32. The van der Waals surface area contributed by atoms with Crippen molar-refractivity contribution in [3.8, 4) is 0 Å². The number of carbonyl (C=O) groups is 1. The van der Waals surface area contributed by atoms with Crippen LogP contribution in [0.4, 0.5) is 0 Å². The zero-order chi connectivity index (χ0) is 15.8. The molecule has 1 aliphatic rings. The third kappa shape index (κ3) is 5.34. The smallest absolute Gasteiger partial charge is 0.217 e. The number of rotatable bonds is 8. The normalized spacial score (nSPS) is 32.7. The number of hydrogen-bond acceptors (Lipinski definition) is 7. The van der Waals surface area contributed by atoms with Gasteiger partial charge in [0, 0.05) is 6.92 Å². The van der Waals surface area contributed by atoms with Gasteiger partial charge in [0.1, 0.15) is 24.4 Å². The van der Waals surface area contributed by atoms with Gasteiger partial charge in [-0.1, -0.05) is 6.08 Å². The van der Waals surface area contributed by atoms with Crippen molar-refractivity contribution >= 4 is 5.91 Å². The van der Waals surface area contributed by atoms with Crippen LogP contribution in [0, 0.1) is 0 Å². The molecule has 0 radical (unpaired) electrons. The van der Waals surface area contributed by atoms with E-state index in [0.717, 1.165) is 0 Å². The maximum absolute atomic E-state index is 11.2. The van der Waals surface area contributed by atoms with E-state index in [1.54, 1.807) is 6.08 Å². The Bertz CT molecular complexity index is 338. The third-order valence-corrected chi connectivity index (χ3v) is 3.00. The first-order valence-corrected chi connectivity index (χ1v) is 6.71. The Morgan fingerprint density at radius 1 is 1.38 bits per heavy atom. The van der Waals surface area contributed by atoms with E-state index < -0.39 is 43.2 Å². The van der Waals surface area contributed by atoms with E-state index in [2.05, 4.69) is 11.9 Å². The first-order valence-electron chi connectivity index (χ1n) is 6.71. The second kappa shape index (κ2) is 9.08. The van der Waals surface area contributed by atoms with E-state index in [4.69, 9.17) is 19.3 Å². The van der Waals surface area contributed by atoms with Gasteiger partial charge in [0.15, 0.2) is 6.29 Å². The van der Waals surface area contributed by atoms with Crippen LogP contribution in [0.1, 0.15) is 6.92 Å². The monoisotopic (exact) mass is 305 g/mol. The minimum Gasteiger partial charge on any atom is -0.394 e. The molecule has 0 aromatic carbocycles. The standard InChI is InChI=1S/C13H23NO7/c1-3-4-19-5-6-20-13-10(14-8(2)16)12(18)11(17)9(7-15)21-13/h3,9-13,15,17-18H,1,4-7H2,2H3,(H,14,16)/t9-,10-,11-,12-,13-/m1/s1. The van der Waals surface area contributed by atoms with Crippen molar-refractivity contribution in [3.63, 3.8) is 0 Å². The molecule has 5 atom stereocenters. The lowest BCUT2D eigenvalue weighted by molar-refractivity contribution is -0.271. The zero-order valence-electron chi connectivity index (χ0n) is 12.0. The van der Waals surface area contributed by atoms with E-state index in [1.165, 1.54) is 6.92 Å². The summed E-state index contributed by atoms with van der Waals surface area (Å²) in [7, 11) is 0. The van der Waals surface area contributed by atoms with Gasteiger partial charge in [0.2, 0.25) is 5.91 Å². The summed E-state index contributed by atoms with van der Waals surface area (Å²) in [5.74, 6) is -0.395. The lowest BCUT2D eigenvalue weighted by atomic mass is 9.97. The van der Waals surface area contributed by atoms with Gasteiger partial charge in [-0.3, -0.25) is 4.79 Å². The molecule has 0 aliphatic carbocycles. The highest BCUT2D eigenvalue weighted by atomic mass is 16.7. The molecule has 1 heterocycles. The Kier molecular flexibility index (Phi) is 7.79. The first-order chi connectivity index (χ1) is 10.0. The molecule has 0 saturated carbocycles. The molecule has 4 N–H and O–H groups in total. The lowest BCUT2D eigenvalue weighted by Gasteiger charge is -2.42. The number of nitrogens with one attached hydrogen (secondary N) is 1. The minimum absolute atomic E-state index is 0.162. The van der Waals surface area contributed by atoms with Crippen LogP contribution in [-0.4, -0.2) is 78.3 Å². The summed E-state index contributed by atoms with van der Waals surface area (Å²) in [5.41, 5.74) is 0. The molecule has 0 aromatic heterocycles. The van der Waals surface area contributed by atoms with Crippen molar-refractivity contribution < 1.29 is 34.3 Å². The predicted molar refractivity (Wildman–Crippen MR) is 72.3 cm³/mol. The van der Waals surface area contributed by atoms with Crippen LogP contribution in [0.5, 0.6) is 0 Å². The number of aliphatic hydroxyl groups excluding tert-OH is 3. The Labute approximate surface area is 123 Å². The fourth-order valence-corrected chi connectivity index (χ4v) is 2.00. The van der Waals surface area contributed by atoms with Gasteiger partial charge in [-0.05, 0) is 0 Å². The zero-order valence-corrected chi connectivity index (χ0v) is 12.0. The van der Waals surface area contributed by atoms with Crippen molar-refractivity contribution in [3.05, 3.63) is 12.7 Å². The summed E-state index contributed by atoms with van der Waals surface area (Å²) in [6.45, 7) is 5.13. The average Bonchev–Trinajstić information content (AvgIpc) is 2.45. The third-order valence-electron chi connectivity index (χ3n) is 3.00. The molecule has 122 valence electrons. The molecule has 1 amide bonds. The molecule has 1 rings (SSSR count). The fraction of sp³-hybridized carbons (Fsp3) is 0.769. The topological polar surface area (TPSA) is 117 Å². The van der Waals surface area contributed by atoms with Gasteiger partial charge in [-0.25, -0.2) is 0 Å². The van der Waals surface area contributed by atoms with E-state index in [-0.39, 0.29) is 13.2 Å². The number of carbonyl (C=O) groups excluding carboxylic acids is 1. The Hall–Kier alpha value is -1.03. The maximum atomic E-state index is 11.2. The molecule has 0 aromatic rings. The lowest BCUT2D eigenvalue weighted by Crippen LogP contribution is -2.64. The van der Waals surface area contributed by atoms with Crippen LogP contribution in [0.3, 0.4) is 0 Å². The molecular formula is C13H23NO7. The highest BCUT2D eigenvalue weighted by Crippen LogP contribution is 2.22. The summed E-state index contributed by atoms with van der Waals surface area (Å²) in [4.78, 5) is 11.2. The van der Waals surface area contributed by atoms with Crippen molar-refractivity contribution in [1.82, 2.24) is 5.32 Å². The molecule has 21 heavy (non-hydrogen) atoms. The van der Waals surface area contributed by atoms with Gasteiger partial charge in [0.25, 0.3) is 0 Å². The molecule has 0 unspecified atom stereocenters. The Balaban J connectivity index is 2.60. The maximum Gasteiger partial charge on any atom is 0.217 e. The van der Waals surface area contributed by atoms with Crippen LogP contribution < -0.4 is 5.32 Å². The fourth-order valence-electron chi connectivity index (χ4n) is 2.00. The molecule has 1 fully saturated rings. The SMILES string of the molecule is C=CCOCCO[C@@H]1O[C@H](CO)[C@@H](O)[C@H](O)[C@H]1NC(C)=O. The summed E-state index contributed by atoms with van der Waals surface area (Å²) in [6.07, 6.45) is -3.00. The summed E-state index contributed by atoms with van der Waals surface area (Å²) < 4.78 is 15.9. The van der Waals surface area contributed by atoms with Gasteiger partial charge in [-0.15, -0.1) is 6.58 Å². The van der Waals surface area contributed by atoms with Gasteiger partial charge in [-0.2, -0.15) is 0 Å². The van der Waals surface area contributed by atoms with Crippen molar-refractivity contribution in [2.24, 2.45) is 0 Å². The summed E-state index contributed by atoms with van der Waals surface area (Å²) in [5, 5.41) is 31.4. The number of amides is 1. The number of hydrogen-bond donors (Lipinski definition) is 4. The molecule has 0 spiro atoms. The van der Waals surface area contributed by atoms with Gasteiger partial charge in [0.05, 0.1) is 26.4 Å². The average molecular weight is 305 g/mol. The van der Waals surface area contributed by atoms with Gasteiger partial charge >= 0.3 is 0 Å². The van der Waals surface area contributed by atoms with E-state index in [9.17, 15) is 15.0 Å². The molecule has 8 nitrogen and oxygen atoms in total. The van der Waals surface area contributed by atoms with Crippen LogP contribution >= 0.6 is 0 Å². The molecule has 1 saturated heterocycles. The Morgan fingerprint density at radius 2 is 2.10 bits per heavy atom. The largest absolute Gasteiger partial charge is 0.394 e. The first kappa shape index (κ1) is 18.0. The van der Waals surface area contributed by atoms with Crippen molar-refractivity contribution in [1.29, 1.82) is 0 Å². The van der Waals surface area contributed by atoms with Crippen LogP contribution in [-0.2, 0) is 19.0 Å². The van der Waals surface area contributed by atoms with Crippen LogP contribution in [0.25, 0.3) is 0 Å². The highest BCUT2D eigenvalue weighted by Gasteiger charge is 2.45. The summed E-state index contributed by atoms with van der Waals surface area (Å²) in [6, 6.07) is -0.931.